The molecule has 0 amide bonds. The fourth-order valence-corrected chi connectivity index (χ4v) is 1.49. The summed E-state index contributed by atoms with van der Waals surface area (Å²) in [5.74, 6) is 1.29. The van der Waals surface area contributed by atoms with Gasteiger partial charge < -0.3 is 10.4 Å². The molecule has 2 rings (SSSR count). The maximum Gasteiger partial charge on any atom is 0.129 e. The smallest absolute Gasteiger partial charge is 0.129 e. The Kier molecular flexibility index (Phi) is 2.63. The second-order valence-electron chi connectivity index (χ2n) is 3.68. The van der Waals surface area contributed by atoms with E-state index in [1.165, 1.54) is 0 Å². The van der Waals surface area contributed by atoms with Crippen molar-refractivity contribution in [3.63, 3.8) is 0 Å². The lowest BCUT2D eigenvalue weighted by Crippen LogP contribution is -2.08. The molecule has 76 valence electrons. The van der Waals surface area contributed by atoms with Crippen LogP contribution in [-0.4, -0.2) is 27.7 Å². The zero-order chi connectivity index (χ0) is 9.97. The van der Waals surface area contributed by atoms with Gasteiger partial charge in [0.15, 0.2) is 0 Å². The van der Waals surface area contributed by atoms with Gasteiger partial charge in [0.2, 0.25) is 0 Å². The average molecular weight is 193 g/mol. The first kappa shape index (κ1) is 9.40. The van der Waals surface area contributed by atoms with E-state index in [0.29, 0.717) is 12.0 Å². The maximum absolute atomic E-state index is 8.88. The Hall–Kier alpha value is -1.16. The highest BCUT2D eigenvalue weighted by Gasteiger charge is 2.36. The summed E-state index contributed by atoms with van der Waals surface area (Å²) in [6, 6.07) is 2.37. The number of aryl methyl sites for hydroxylation is 1. The summed E-state index contributed by atoms with van der Waals surface area (Å²) in [5.41, 5.74) is 1.05. The summed E-state index contributed by atoms with van der Waals surface area (Å²) in [7, 11) is 0. The van der Waals surface area contributed by atoms with Crippen molar-refractivity contribution in [3.05, 3.63) is 18.1 Å². The van der Waals surface area contributed by atoms with Crippen molar-refractivity contribution in [3.8, 4) is 0 Å². The van der Waals surface area contributed by atoms with E-state index in [0.717, 1.165) is 24.4 Å². The largest absolute Gasteiger partial charge is 0.396 e. The Labute approximate surface area is 83.4 Å². The molecule has 1 saturated carbocycles. The number of rotatable bonds is 4. The lowest BCUT2D eigenvalue weighted by atomic mass is 10.3. The van der Waals surface area contributed by atoms with Gasteiger partial charge in [0.25, 0.3) is 0 Å². The Balaban J connectivity index is 1.96. The molecule has 0 aliphatic heterocycles. The van der Waals surface area contributed by atoms with Crippen LogP contribution < -0.4 is 5.32 Å². The number of aromatic nitrogens is 2. The Morgan fingerprint density at radius 2 is 2.43 bits per heavy atom. The van der Waals surface area contributed by atoms with Gasteiger partial charge in [-0.05, 0) is 12.8 Å². The van der Waals surface area contributed by atoms with Gasteiger partial charge in [-0.1, -0.05) is 6.92 Å². The van der Waals surface area contributed by atoms with Crippen LogP contribution in [0.1, 0.15) is 19.0 Å². The molecule has 0 aromatic carbocycles. The highest BCUT2D eigenvalue weighted by atomic mass is 16.3. The monoisotopic (exact) mass is 193 g/mol. The lowest BCUT2D eigenvalue weighted by Gasteiger charge is -2.04. The van der Waals surface area contributed by atoms with Gasteiger partial charge in [0.05, 0.1) is 0 Å². The van der Waals surface area contributed by atoms with Crippen LogP contribution in [0, 0.1) is 5.92 Å². The molecule has 1 aliphatic rings. The van der Waals surface area contributed by atoms with Gasteiger partial charge in [-0.25, -0.2) is 9.97 Å². The first-order valence-electron chi connectivity index (χ1n) is 5.01. The van der Waals surface area contributed by atoms with Crippen LogP contribution in [0.25, 0.3) is 0 Å². The summed E-state index contributed by atoms with van der Waals surface area (Å²) < 4.78 is 0. The molecule has 0 spiro atoms. The fourth-order valence-electron chi connectivity index (χ4n) is 1.49. The molecule has 4 nitrogen and oxygen atoms in total. The molecule has 1 aliphatic carbocycles. The van der Waals surface area contributed by atoms with Crippen molar-refractivity contribution in [2.75, 3.05) is 11.9 Å². The SMILES string of the molecule is CCc1cc(N[C@@H]2C[C@H]2CO)ncn1. The number of nitrogens with one attached hydrogen (secondary N) is 1. The predicted molar refractivity (Wildman–Crippen MR) is 54.0 cm³/mol. The third-order valence-electron chi connectivity index (χ3n) is 2.58. The Morgan fingerprint density at radius 3 is 3.07 bits per heavy atom. The molecule has 1 fully saturated rings. The minimum atomic E-state index is 0.267. The van der Waals surface area contributed by atoms with Gasteiger partial charge in [0.1, 0.15) is 12.1 Å². The molecular formula is C10H15N3O. The highest BCUT2D eigenvalue weighted by molar-refractivity contribution is 5.38. The van der Waals surface area contributed by atoms with E-state index in [1.807, 2.05) is 6.07 Å². The van der Waals surface area contributed by atoms with E-state index in [9.17, 15) is 0 Å². The first-order chi connectivity index (χ1) is 6.83. The number of aliphatic hydroxyl groups is 1. The fraction of sp³-hybridized carbons (Fsp3) is 0.600. The molecule has 0 bridgehead atoms. The van der Waals surface area contributed by atoms with Crippen LogP contribution in [0.2, 0.25) is 0 Å². The summed E-state index contributed by atoms with van der Waals surface area (Å²) in [4.78, 5) is 8.26. The molecule has 14 heavy (non-hydrogen) atoms. The Morgan fingerprint density at radius 1 is 1.57 bits per heavy atom. The van der Waals surface area contributed by atoms with Crippen LogP contribution in [0.4, 0.5) is 5.82 Å². The average Bonchev–Trinajstić information content (AvgIpc) is 2.97. The molecule has 0 saturated heterocycles. The standard InChI is InChI=1S/C10H15N3O/c1-2-8-4-10(12-6-11-8)13-9-3-7(9)5-14/h4,6-7,9,14H,2-3,5H2,1H3,(H,11,12,13)/t7-,9+/m0/s1. The van der Waals surface area contributed by atoms with Crippen molar-refractivity contribution < 1.29 is 5.11 Å². The molecule has 1 aromatic heterocycles. The molecule has 4 heteroatoms. The van der Waals surface area contributed by atoms with Crippen molar-refractivity contribution in [2.24, 2.45) is 5.92 Å². The number of hydrogen-bond acceptors (Lipinski definition) is 4. The third-order valence-corrected chi connectivity index (χ3v) is 2.58. The highest BCUT2D eigenvalue weighted by Crippen LogP contribution is 2.32. The maximum atomic E-state index is 8.88. The number of hydrogen-bond donors (Lipinski definition) is 2. The minimum absolute atomic E-state index is 0.267. The third kappa shape index (κ3) is 2.01. The number of anilines is 1. The Bertz CT molecular complexity index is 316. The van der Waals surface area contributed by atoms with Crippen molar-refractivity contribution in [2.45, 2.75) is 25.8 Å². The van der Waals surface area contributed by atoms with E-state index < -0.39 is 0 Å². The molecule has 2 N–H and O–H groups in total. The van der Waals surface area contributed by atoms with Gasteiger partial charge in [-0.15, -0.1) is 0 Å². The van der Waals surface area contributed by atoms with Gasteiger partial charge in [-0.3, -0.25) is 0 Å². The molecule has 0 radical (unpaired) electrons. The second-order valence-corrected chi connectivity index (χ2v) is 3.68. The van der Waals surface area contributed by atoms with E-state index in [1.54, 1.807) is 6.33 Å². The van der Waals surface area contributed by atoms with E-state index in [2.05, 4.69) is 22.2 Å². The van der Waals surface area contributed by atoms with Crippen molar-refractivity contribution >= 4 is 5.82 Å². The summed E-state index contributed by atoms with van der Waals surface area (Å²) in [5, 5.41) is 12.2. The summed E-state index contributed by atoms with van der Waals surface area (Å²) in [6.07, 6.45) is 3.55. The summed E-state index contributed by atoms with van der Waals surface area (Å²) >= 11 is 0. The molecule has 1 heterocycles. The quantitative estimate of drug-likeness (QED) is 0.743. The number of aliphatic hydroxyl groups excluding tert-OH is 1. The molecule has 1 aromatic rings. The van der Waals surface area contributed by atoms with E-state index in [4.69, 9.17) is 5.11 Å². The molecule has 0 unspecified atom stereocenters. The zero-order valence-corrected chi connectivity index (χ0v) is 8.27. The molecular weight excluding hydrogens is 178 g/mol. The van der Waals surface area contributed by atoms with Gasteiger partial charge >= 0.3 is 0 Å². The second kappa shape index (κ2) is 3.92. The van der Waals surface area contributed by atoms with Gasteiger partial charge in [0, 0.05) is 30.3 Å². The minimum Gasteiger partial charge on any atom is -0.396 e. The van der Waals surface area contributed by atoms with Crippen molar-refractivity contribution in [1.29, 1.82) is 0 Å². The van der Waals surface area contributed by atoms with Crippen LogP contribution in [0.3, 0.4) is 0 Å². The topological polar surface area (TPSA) is 58.0 Å². The predicted octanol–water partition coefficient (Wildman–Crippen LogP) is 0.832. The van der Waals surface area contributed by atoms with Crippen LogP contribution >= 0.6 is 0 Å². The first-order valence-corrected chi connectivity index (χ1v) is 5.01. The van der Waals surface area contributed by atoms with Crippen LogP contribution in [0.5, 0.6) is 0 Å². The normalized spacial score (nSPS) is 24.7. The zero-order valence-electron chi connectivity index (χ0n) is 8.27. The van der Waals surface area contributed by atoms with Gasteiger partial charge in [-0.2, -0.15) is 0 Å². The van der Waals surface area contributed by atoms with Crippen molar-refractivity contribution in [1.82, 2.24) is 9.97 Å². The van der Waals surface area contributed by atoms with E-state index in [-0.39, 0.29) is 6.61 Å². The van der Waals surface area contributed by atoms with Crippen LogP contribution in [-0.2, 0) is 6.42 Å². The molecule has 2 atom stereocenters. The number of nitrogens with zero attached hydrogens (tertiary/aromatic N) is 2. The van der Waals surface area contributed by atoms with Crippen LogP contribution in [0.15, 0.2) is 12.4 Å². The lowest BCUT2D eigenvalue weighted by molar-refractivity contribution is 0.275. The summed E-state index contributed by atoms with van der Waals surface area (Å²) in [6.45, 7) is 2.34. The van der Waals surface area contributed by atoms with E-state index >= 15 is 0 Å².